The Bertz CT molecular complexity index is 1050. The number of nitrogens with two attached hydrogens (primary N) is 2. The molecule has 0 radical (unpaired) electrons. The van der Waals surface area contributed by atoms with Gasteiger partial charge in [0, 0.05) is 16.9 Å². The summed E-state index contributed by atoms with van der Waals surface area (Å²) in [7, 11) is 0. The Morgan fingerprint density at radius 2 is 2.13 bits per heavy atom. The fraction of sp³-hybridized carbons (Fsp3) is 0.333. The molecule has 2 aliphatic heterocycles. The number of rotatable bonds is 7. The van der Waals surface area contributed by atoms with Gasteiger partial charge in [0.15, 0.2) is 9.47 Å². The lowest BCUT2D eigenvalue weighted by Gasteiger charge is -2.49. The van der Waals surface area contributed by atoms with Crippen molar-refractivity contribution in [2.75, 3.05) is 23.0 Å². The highest BCUT2D eigenvalue weighted by molar-refractivity contribution is 8.01. The molecule has 30 heavy (non-hydrogen) atoms. The number of nitrogens with one attached hydrogen (secondary N) is 1. The lowest BCUT2D eigenvalue weighted by atomic mass is 10.0. The summed E-state index contributed by atoms with van der Waals surface area (Å²) in [6.45, 7) is 0. The zero-order chi connectivity index (χ0) is 21.4. The normalized spacial score (nSPS) is 20.7. The zero-order valence-corrected chi connectivity index (χ0v) is 18.4. The van der Waals surface area contributed by atoms with Crippen molar-refractivity contribution in [3.05, 3.63) is 22.3 Å². The summed E-state index contributed by atoms with van der Waals surface area (Å²) in [6, 6.07) is -0.773. The first kappa shape index (κ1) is 20.9. The molecule has 6 N–H and O–H groups in total. The number of thioether (sulfide) groups is 2. The Morgan fingerprint density at radius 1 is 1.33 bits per heavy atom. The molecule has 0 spiro atoms. The standard InChI is InChI=1S/C15H15N7O4S4/c16-13-18-6(4-28-13)1-7(23)19-8-10(24)22-9(12(25)26)5(2-27-11(8)22)3-29-15-21-20-14(17)30-15/h4,8,11H,1-3H2,(H2,16,18)(H2,17,20)(H,19,23)(H,25,26)/t8?,11-/m0/s1. The van der Waals surface area contributed by atoms with E-state index in [0.717, 1.165) is 0 Å². The van der Waals surface area contributed by atoms with Crippen LogP contribution in [0.25, 0.3) is 0 Å². The average Bonchev–Trinajstić information content (AvgIpc) is 3.31. The Balaban J connectivity index is 1.43. The average molecular weight is 486 g/mol. The highest BCUT2D eigenvalue weighted by Gasteiger charge is 2.54. The van der Waals surface area contributed by atoms with E-state index in [1.165, 1.54) is 51.1 Å². The van der Waals surface area contributed by atoms with E-state index in [4.69, 9.17) is 11.5 Å². The van der Waals surface area contributed by atoms with Crippen LogP contribution in [-0.4, -0.2) is 65.9 Å². The minimum absolute atomic E-state index is 0.00334. The molecule has 158 valence electrons. The first-order valence-corrected chi connectivity index (χ1v) is 12.2. The monoisotopic (exact) mass is 485 g/mol. The summed E-state index contributed by atoms with van der Waals surface area (Å²) in [5, 5.41) is 21.9. The van der Waals surface area contributed by atoms with E-state index in [0.29, 0.717) is 37.4 Å². The van der Waals surface area contributed by atoms with Crippen molar-refractivity contribution < 1.29 is 19.5 Å². The molecule has 4 heterocycles. The number of fused-ring (bicyclic) bond motifs is 1. The van der Waals surface area contributed by atoms with Crippen LogP contribution in [0.4, 0.5) is 10.3 Å². The van der Waals surface area contributed by atoms with Gasteiger partial charge in [0.1, 0.15) is 17.1 Å². The highest BCUT2D eigenvalue weighted by atomic mass is 32.2. The van der Waals surface area contributed by atoms with Crippen LogP contribution in [-0.2, 0) is 20.8 Å². The van der Waals surface area contributed by atoms with Crippen molar-refractivity contribution in [2.45, 2.75) is 22.2 Å². The number of thiazole rings is 1. The molecule has 15 heteroatoms. The van der Waals surface area contributed by atoms with Crippen molar-refractivity contribution in [3.8, 4) is 0 Å². The number of hydrogen-bond donors (Lipinski definition) is 4. The molecular weight excluding hydrogens is 470 g/mol. The second-order valence-electron chi connectivity index (χ2n) is 6.26. The molecule has 0 aliphatic carbocycles. The second kappa shape index (κ2) is 8.41. The van der Waals surface area contributed by atoms with Crippen LogP contribution in [0.1, 0.15) is 5.69 Å². The van der Waals surface area contributed by atoms with Crippen molar-refractivity contribution in [2.24, 2.45) is 0 Å². The van der Waals surface area contributed by atoms with Gasteiger partial charge in [-0.2, -0.15) is 0 Å². The number of carbonyl (C=O) groups is 3. The summed E-state index contributed by atoms with van der Waals surface area (Å²) in [4.78, 5) is 42.0. The number of hydrogen-bond acceptors (Lipinski definition) is 12. The van der Waals surface area contributed by atoms with Crippen LogP contribution in [0.2, 0.25) is 0 Å². The quantitative estimate of drug-likeness (QED) is 0.312. The third-order valence-corrected chi connectivity index (χ3v) is 8.30. The molecule has 1 fully saturated rings. The van der Waals surface area contributed by atoms with E-state index >= 15 is 0 Å². The van der Waals surface area contributed by atoms with Crippen LogP contribution >= 0.6 is 46.2 Å². The number of nitrogen functional groups attached to an aromatic ring is 2. The van der Waals surface area contributed by atoms with Crippen molar-refractivity contribution in [3.63, 3.8) is 0 Å². The molecule has 0 saturated carbocycles. The lowest BCUT2D eigenvalue weighted by molar-refractivity contribution is -0.150. The van der Waals surface area contributed by atoms with Gasteiger partial charge in [0.2, 0.25) is 11.0 Å². The van der Waals surface area contributed by atoms with Gasteiger partial charge in [-0.05, 0) is 5.57 Å². The predicted octanol–water partition coefficient (Wildman–Crippen LogP) is 0.232. The Kier molecular flexibility index (Phi) is 5.86. The van der Waals surface area contributed by atoms with Gasteiger partial charge in [-0.25, -0.2) is 9.78 Å². The van der Waals surface area contributed by atoms with E-state index < -0.39 is 23.3 Å². The van der Waals surface area contributed by atoms with Crippen LogP contribution in [0, 0.1) is 0 Å². The first-order chi connectivity index (χ1) is 14.3. The molecule has 2 aliphatic rings. The predicted molar refractivity (Wildman–Crippen MR) is 115 cm³/mol. The Hall–Kier alpha value is -2.36. The number of aromatic nitrogens is 3. The number of carbonyl (C=O) groups excluding carboxylic acids is 2. The number of amides is 2. The Labute approximate surface area is 186 Å². The Morgan fingerprint density at radius 3 is 2.77 bits per heavy atom. The fourth-order valence-electron chi connectivity index (χ4n) is 3.01. The van der Waals surface area contributed by atoms with Crippen LogP contribution in [0.15, 0.2) is 21.0 Å². The molecule has 1 saturated heterocycles. The molecule has 0 aromatic carbocycles. The minimum Gasteiger partial charge on any atom is -0.477 e. The molecule has 11 nitrogen and oxygen atoms in total. The van der Waals surface area contributed by atoms with Crippen LogP contribution in [0.3, 0.4) is 0 Å². The summed E-state index contributed by atoms with van der Waals surface area (Å²) < 4.78 is 0.625. The fourth-order valence-corrected chi connectivity index (χ4v) is 6.70. The molecule has 4 rings (SSSR count). The van der Waals surface area contributed by atoms with Crippen molar-refractivity contribution in [1.82, 2.24) is 25.4 Å². The number of anilines is 2. The third kappa shape index (κ3) is 4.10. The molecule has 2 amide bonds. The largest absolute Gasteiger partial charge is 0.477 e. The maximum atomic E-state index is 12.6. The highest BCUT2D eigenvalue weighted by Crippen LogP contribution is 2.41. The summed E-state index contributed by atoms with van der Waals surface area (Å²) in [6.07, 6.45) is 0.00334. The molecule has 0 bridgehead atoms. The molecular formula is C15H15N7O4S4. The summed E-state index contributed by atoms with van der Waals surface area (Å²) >= 11 is 5.17. The molecule has 1 unspecified atom stereocenters. The smallest absolute Gasteiger partial charge is 0.352 e. The SMILES string of the molecule is Nc1nc(CC(=O)NC2C(=O)N3C(C(=O)O)=C(CSc4nnc(N)s4)CS[C@@H]23)cs1. The molecule has 2 atom stereocenters. The molecule has 2 aromatic rings. The van der Waals surface area contributed by atoms with E-state index in [2.05, 4.69) is 20.5 Å². The second-order valence-corrected chi connectivity index (χ2v) is 10.5. The maximum Gasteiger partial charge on any atom is 0.352 e. The van der Waals surface area contributed by atoms with E-state index in [1.54, 1.807) is 5.38 Å². The van der Waals surface area contributed by atoms with Gasteiger partial charge in [-0.3, -0.25) is 14.5 Å². The maximum absolute atomic E-state index is 12.6. The van der Waals surface area contributed by atoms with Gasteiger partial charge >= 0.3 is 5.97 Å². The number of aliphatic carboxylic acids is 1. The van der Waals surface area contributed by atoms with Gasteiger partial charge in [0.25, 0.3) is 5.91 Å². The summed E-state index contributed by atoms with van der Waals surface area (Å²) in [5.74, 6) is -1.22. The molecule has 2 aromatic heterocycles. The zero-order valence-electron chi connectivity index (χ0n) is 15.1. The topological polar surface area (TPSA) is 177 Å². The van der Waals surface area contributed by atoms with E-state index in [1.807, 2.05) is 0 Å². The lowest BCUT2D eigenvalue weighted by Crippen LogP contribution is -2.70. The van der Waals surface area contributed by atoms with Crippen molar-refractivity contribution >= 4 is 74.2 Å². The van der Waals surface area contributed by atoms with Gasteiger partial charge in [-0.1, -0.05) is 23.1 Å². The number of β-lactam (4-membered cyclic amide) rings is 1. The van der Waals surface area contributed by atoms with E-state index in [9.17, 15) is 19.5 Å². The number of carboxylic acid groups (broad SMARTS) is 1. The third-order valence-electron chi connectivity index (χ3n) is 4.27. The summed E-state index contributed by atoms with van der Waals surface area (Å²) in [5.41, 5.74) is 12.2. The van der Waals surface area contributed by atoms with Crippen LogP contribution in [0.5, 0.6) is 0 Å². The van der Waals surface area contributed by atoms with Gasteiger partial charge < -0.3 is 21.9 Å². The van der Waals surface area contributed by atoms with Crippen LogP contribution < -0.4 is 16.8 Å². The first-order valence-electron chi connectivity index (χ1n) is 8.44. The van der Waals surface area contributed by atoms with E-state index in [-0.39, 0.29) is 18.0 Å². The number of nitrogens with zero attached hydrogens (tertiary/aromatic N) is 4. The minimum atomic E-state index is -1.18. The van der Waals surface area contributed by atoms with Gasteiger partial charge in [-0.15, -0.1) is 33.3 Å². The van der Waals surface area contributed by atoms with Gasteiger partial charge in [0.05, 0.1) is 12.1 Å². The number of carboxylic acids is 1. The van der Waals surface area contributed by atoms with Crippen molar-refractivity contribution in [1.29, 1.82) is 0 Å².